The SMILES string of the molecule is CCCCCCCCNCC=C(CC)C(=O)O. The van der Waals surface area contributed by atoms with Crippen LogP contribution in [0.1, 0.15) is 58.8 Å². The molecule has 100 valence electrons. The van der Waals surface area contributed by atoms with Gasteiger partial charge in [-0.1, -0.05) is 52.0 Å². The second-order valence-corrected chi connectivity index (χ2v) is 4.36. The minimum absolute atomic E-state index is 0.500. The van der Waals surface area contributed by atoms with Gasteiger partial charge < -0.3 is 10.4 Å². The van der Waals surface area contributed by atoms with E-state index in [-0.39, 0.29) is 0 Å². The van der Waals surface area contributed by atoms with Crippen LogP contribution in [0.15, 0.2) is 11.6 Å². The molecule has 0 heterocycles. The monoisotopic (exact) mass is 241 g/mol. The summed E-state index contributed by atoms with van der Waals surface area (Å²) in [4.78, 5) is 10.7. The molecule has 0 unspecified atom stereocenters. The Hall–Kier alpha value is -0.830. The van der Waals surface area contributed by atoms with Gasteiger partial charge in [0.15, 0.2) is 0 Å². The van der Waals surface area contributed by atoms with Crippen LogP contribution in [0.2, 0.25) is 0 Å². The fraction of sp³-hybridized carbons (Fsp3) is 0.786. The van der Waals surface area contributed by atoms with Crippen molar-refractivity contribution in [2.75, 3.05) is 13.1 Å². The highest BCUT2D eigenvalue weighted by atomic mass is 16.4. The van der Waals surface area contributed by atoms with E-state index >= 15 is 0 Å². The van der Waals surface area contributed by atoms with Crippen molar-refractivity contribution in [3.05, 3.63) is 11.6 Å². The van der Waals surface area contributed by atoms with E-state index in [1.165, 1.54) is 38.5 Å². The summed E-state index contributed by atoms with van der Waals surface area (Å²) in [6, 6.07) is 0. The Morgan fingerprint density at radius 2 is 1.76 bits per heavy atom. The average Bonchev–Trinajstić information content (AvgIpc) is 2.31. The Morgan fingerprint density at radius 1 is 1.12 bits per heavy atom. The molecule has 17 heavy (non-hydrogen) atoms. The van der Waals surface area contributed by atoms with Gasteiger partial charge in [-0.05, 0) is 19.4 Å². The normalized spacial score (nSPS) is 11.8. The Labute approximate surface area is 105 Å². The minimum Gasteiger partial charge on any atom is -0.478 e. The third-order valence-electron chi connectivity index (χ3n) is 2.86. The van der Waals surface area contributed by atoms with Gasteiger partial charge in [0, 0.05) is 12.1 Å². The highest BCUT2D eigenvalue weighted by Crippen LogP contribution is 2.04. The molecule has 0 saturated carbocycles. The molecule has 0 fully saturated rings. The number of aliphatic carboxylic acids is 1. The number of carbonyl (C=O) groups is 1. The molecule has 3 heteroatoms. The molecule has 2 N–H and O–H groups in total. The maximum Gasteiger partial charge on any atom is 0.331 e. The second kappa shape index (κ2) is 11.6. The van der Waals surface area contributed by atoms with Crippen LogP contribution < -0.4 is 5.32 Å². The maximum absolute atomic E-state index is 10.7. The summed E-state index contributed by atoms with van der Waals surface area (Å²) in [5.41, 5.74) is 0.500. The van der Waals surface area contributed by atoms with Crippen LogP contribution in [0.25, 0.3) is 0 Å². The standard InChI is InChI=1S/C14H27NO2/c1-3-5-6-7-8-9-11-15-12-10-13(4-2)14(16)17/h10,15H,3-9,11-12H2,1-2H3,(H,16,17). The third-order valence-corrected chi connectivity index (χ3v) is 2.86. The lowest BCUT2D eigenvalue weighted by Gasteiger charge is -2.03. The third kappa shape index (κ3) is 10.1. The van der Waals surface area contributed by atoms with Gasteiger partial charge in [0.25, 0.3) is 0 Å². The molecule has 0 aliphatic rings. The number of carboxylic acid groups (broad SMARTS) is 1. The van der Waals surface area contributed by atoms with Crippen LogP contribution in [0.4, 0.5) is 0 Å². The molecule has 3 nitrogen and oxygen atoms in total. The molecule has 0 amide bonds. The molecule has 0 saturated heterocycles. The molecule has 0 aromatic carbocycles. The molecule has 0 aliphatic carbocycles. The Balaban J connectivity index is 3.36. The number of carboxylic acids is 1. The fourth-order valence-electron chi connectivity index (χ4n) is 1.71. The molecule has 0 atom stereocenters. The van der Waals surface area contributed by atoms with Crippen LogP contribution in [0.3, 0.4) is 0 Å². The van der Waals surface area contributed by atoms with E-state index in [4.69, 9.17) is 5.11 Å². The summed E-state index contributed by atoms with van der Waals surface area (Å²) in [6.45, 7) is 5.75. The van der Waals surface area contributed by atoms with E-state index < -0.39 is 5.97 Å². The van der Waals surface area contributed by atoms with E-state index in [0.717, 1.165) is 6.54 Å². The maximum atomic E-state index is 10.7. The first-order valence-corrected chi connectivity index (χ1v) is 6.85. The summed E-state index contributed by atoms with van der Waals surface area (Å²) >= 11 is 0. The predicted molar refractivity (Wildman–Crippen MR) is 72.3 cm³/mol. The number of rotatable bonds is 11. The van der Waals surface area contributed by atoms with Crippen LogP contribution in [0.5, 0.6) is 0 Å². The average molecular weight is 241 g/mol. The lowest BCUT2D eigenvalue weighted by molar-refractivity contribution is -0.132. The number of hydrogen-bond acceptors (Lipinski definition) is 2. The van der Waals surface area contributed by atoms with Crippen LogP contribution >= 0.6 is 0 Å². The molecule has 0 aromatic heterocycles. The quantitative estimate of drug-likeness (QED) is 0.431. The number of hydrogen-bond donors (Lipinski definition) is 2. The lowest BCUT2D eigenvalue weighted by atomic mass is 10.1. The van der Waals surface area contributed by atoms with Gasteiger partial charge >= 0.3 is 5.97 Å². The lowest BCUT2D eigenvalue weighted by Crippen LogP contribution is -2.16. The van der Waals surface area contributed by atoms with Crippen molar-refractivity contribution in [1.29, 1.82) is 0 Å². The summed E-state index contributed by atoms with van der Waals surface area (Å²) in [6.07, 6.45) is 10.1. The zero-order valence-corrected chi connectivity index (χ0v) is 11.3. The van der Waals surface area contributed by atoms with E-state index in [2.05, 4.69) is 12.2 Å². The van der Waals surface area contributed by atoms with Crippen molar-refractivity contribution >= 4 is 5.97 Å². The Morgan fingerprint density at radius 3 is 2.35 bits per heavy atom. The van der Waals surface area contributed by atoms with Gasteiger partial charge in [0.2, 0.25) is 0 Å². The molecule has 0 rings (SSSR count). The minimum atomic E-state index is -0.797. The number of unbranched alkanes of at least 4 members (excludes halogenated alkanes) is 5. The van der Waals surface area contributed by atoms with Crippen LogP contribution in [-0.2, 0) is 4.79 Å². The Kier molecular flexibility index (Phi) is 11.1. The van der Waals surface area contributed by atoms with Gasteiger partial charge in [-0.3, -0.25) is 0 Å². The van der Waals surface area contributed by atoms with E-state index in [1.54, 1.807) is 6.08 Å². The number of nitrogens with one attached hydrogen (secondary N) is 1. The first-order chi connectivity index (χ1) is 8.22. The van der Waals surface area contributed by atoms with Crippen molar-refractivity contribution in [2.24, 2.45) is 0 Å². The van der Waals surface area contributed by atoms with Crippen molar-refractivity contribution in [3.63, 3.8) is 0 Å². The van der Waals surface area contributed by atoms with Crippen molar-refractivity contribution in [2.45, 2.75) is 58.8 Å². The van der Waals surface area contributed by atoms with Crippen molar-refractivity contribution < 1.29 is 9.90 Å². The van der Waals surface area contributed by atoms with E-state index in [1.807, 2.05) is 6.92 Å². The smallest absolute Gasteiger partial charge is 0.331 e. The summed E-state index contributed by atoms with van der Waals surface area (Å²) < 4.78 is 0. The van der Waals surface area contributed by atoms with Crippen LogP contribution in [0, 0.1) is 0 Å². The van der Waals surface area contributed by atoms with Crippen LogP contribution in [-0.4, -0.2) is 24.2 Å². The molecule has 0 spiro atoms. The first-order valence-electron chi connectivity index (χ1n) is 6.85. The molecule has 0 radical (unpaired) electrons. The summed E-state index contributed by atoms with van der Waals surface area (Å²) in [5.74, 6) is -0.797. The summed E-state index contributed by atoms with van der Waals surface area (Å²) in [5, 5.41) is 12.1. The summed E-state index contributed by atoms with van der Waals surface area (Å²) in [7, 11) is 0. The zero-order valence-electron chi connectivity index (χ0n) is 11.3. The van der Waals surface area contributed by atoms with Gasteiger partial charge in [-0.15, -0.1) is 0 Å². The van der Waals surface area contributed by atoms with Crippen molar-refractivity contribution in [1.82, 2.24) is 5.32 Å². The largest absolute Gasteiger partial charge is 0.478 e. The molecule has 0 aliphatic heterocycles. The zero-order chi connectivity index (χ0) is 12.9. The molecule has 0 aromatic rings. The molecular formula is C14H27NO2. The Bertz CT molecular complexity index is 224. The second-order valence-electron chi connectivity index (χ2n) is 4.36. The van der Waals surface area contributed by atoms with Gasteiger partial charge in [-0.2, -0.15) is 0 Å². The van der Waals surface area contributed by atoms with Crippen molar-refractivity contribution in [3.8, 4) is 0 Å². The highest BCUT2D eigenvalue weighted by Gasteiger charge is 2.01. The fourth-order valence-corrected chi connectivity index (χ4v) is 1.71. The molecule has 0 bridgehead atoms. The first kappa shape index (κ1) is 16.2. The van der Waals surface area contributed by atoms with Gasteiger partial charge in [0.1, 0.15) is 0 Å². The topological polar surface area (TPSA) is 49.3 Å². The molecular weight excluding hydrogens is 214 g/mol. The van der Waals surface area contributed by atoms with E-state index in [0.29, 0.717) is 18.5 Å². The van der Waals surface area contributed by atoms with E-state index in [9.17, 15) is 4.79 Å². The predicted octanol–water partition coefficient (Wildman–Crippen LogP) is 3.36. The van der Waals surface area contributed by atoms with Gasteiger partial charge in [0.05, 0.1) is 0 Å². The van der Waals surface area contributed by atoms with Gasteiger partial charge in [-0.25, -0.2) is 4.79 Å². The highest BCUT2D eigenvalue weighted by molar-refractivity contribution is 5.86.